The number of nitrogens with zero attached hydrogens (tertiary/aromatic N) is 2. The molecule has 0 unspecified atom stereocenters. The molecule has 0 radical (unpaired) electrons. The molecule has 3 aromatic rings. The molecule has 42 heavy (non-hydrogen) atoms. The van der Waals surface area contributed by atoms with Crippen LogP contribution in [0.5, 0.6) is 5.75 Å². The fraction of sp³-hybridized carbons (Fsp3) is 0.323. The zero-order valence-corrected chi connectivity index (χ0v) is 25.2. The monoisotopic (exact) mass is 593 g/mol. The molecule has 0 fully saturated rings. The molecular formula is C31H35N3O7S. The normalized spacial score (nSPS) is 13.2. The van der Waals surface area contributed by atoms with E-state index in [4.69, 9.17) is 9.84 Å². The van der Waals surface area contributed by atoms with Crippen LogP contribution in [0.15, 0.2) is 54.6 Å². The Morgan fingerprint density at radius 1 is 1.10 bits per heavy atom. The van der Waals surface area contributed by atoms with Crippen LogP contribution in [0, 0.1) is 24.0 Å². The average molecular weight is 594 g/mol. The highest BCUT2D eigenvalue weighted by Gasteiger charge is 2.33. The van der Waals surface area contributed by atoms with Crippen molar-refractivity contribution in [2.75, 3.05) is 6.54 Å². The maximum atomic E-state index is 12.7. The highest BCUT2D eigenvalue weighted by Crippen LogP contribution is 2.36. The lowest BCUT2D eigenvalue weighted by Gasteiger charge is -2.32. The second-order valence-corrected chi connectivity index (χ2v) is 10.9. The summed E-state index contributed by atoms with van der Waals surface area (Å²) in [4.78, 5) is 48.5. The third-order valence-electron chi connectivity index (χ3n) is 6.74. The second kappa shape index (κ2) is 13.6. The van der Waals surface area contributed by atoms with Gasteiger partial charge in [0.1, 0.15) is 11.4 Å². The van der Waals surface area contributed by atoms with Crippen molar-refractivity contribution in [2.24, 2.45) is 0 Å². The van der Waals surface area contributed by atoms with Gasteiger partial charge in [-0.3, -0.25) is 29.2 Å². The smallest absolute Gasteiger partial charge is 0.275 e. The Kier molecular flexibility index (Phi) is 10.5. The minimum absolute atomic E-state index is 0.0240. The van der Waals surface area contributed by atoms with Crippen LogP contribution in [0.2, 0.25) is 0 Å². The molecule has 0 saturated carbocycles. The number of aliphatic hydroxyl groups excluding tert-OH is 1. The summed E-state index contributed by atoms with van der Waals surface area (Å²) in [6, 6.07) is 14.5. The standard InChI is InChI=1S/C18H19N3O5S.C13H16O2/c1-2-20(18(24)13-5-3-12(11-22)4-6-13)10-15-8-7-14(17(23)19-27)9-16(15)21(25)26;1-8-5-9(2)12-10(6-8)11(14)7-13(3,4)15-12/h3-9,22,27H,2,10-11H2,1H3,(H,19,23);5-6H,7H2,1-4H3. The molecule has 0 bridgehead atoms. The topological polar surface area (TPSA) is 139 Å². The van der Waals surface area contributed by atoms with Gasteiger partial charge in [-0.2, -0.15) is 0 Å². The first-order valence-electron chi connectivity index (χ1n) is 13.3. The number of ether oxygens (including phenoxy) is 1. The van der Waals surface area contributed by atoms with Crippen molar-refractivity contribution in [3.63, 3.8) is 0 Å². The fourth-order valence-corrected chi connectivity index (χ4v) is 4.76. The zero-order chi connectivity index (χ0) is 31.2. The highest BCUT2D eigenvalue weighted by atomic mass is 32.1. The summed E-state index contributed by atoms with van der Waals surface area (Å²) in [6.07, 6.45) is 0.461. The Labute approximate surface area is 250 Å². The predicted molar refractivity (Wildman–Crippen MR) is 162 cm³/mol. The largest absolute Gasteiger partial charge is 0.486 e. The van der Waals surface area contributed by atoms with Gasteiger partial charge in [-0.15, -0.1) is 0 Å². The molecule has 1 heterocycles. The van der Waals surface area contributed by atoms with E-state index in [1.165, 1.54) is 17.0 Å². The van der Waals surface area contributed by atoms with Crippen LogP contribution < -0.4 is 9.46 Å². The Morgan fingerprint density at radius 3 is 2.31 bits per heavy atom. The van der Waals surface area contributed by atoms with Gasteiger partial charge in [-0.25, -0.2) is 0 Å². The number of nitrogens with one attached hydrogen (secondary N) is 1. The van der Waals surface area contributed by atoms with Gasteiger partial charge in [-0.1, -0.05) is 31.0 Å². The first kappa shape index (κ1) is 32.3. The number of nitro groups is 1. The fourth-order valence-electron chi connectivity index (χ4n) is 4.63. The van der Waals surface area contributed by atoms with Gasteiger partial charge in [0.15, 0.2) is 5.78 Å². The molecule has 2 amide bonds. The summed E-state index contributed by atoms with van der Waals surface area (Å²) in [7, 11) is 0. The van der Waals surface area contributed by atoms with Crippen LogP contribution >= 0.6 is 12.8 Å². The predicted octanol–water partition coefficient (Wildman–Crippen LogP) is 5.37. The van der Waals surface area contributed by atoms with E-state index in [1.54, 1.807) is 31.2 Å². The lowest BCUT2D eigenvalue weighted by Crippen LogP contribution is -2.36. The van der Waals surface area contributed by atoms with E-state index < -0.39 is 10.8 Å². The number of carbonyl (C=O) groups excluding carboxylic acids is 3. The highest BCUT2D eigenvalue weighted by molar-refractivity contribution is 7.78. The van der Waals surface area contributed by atoms with Gasteiger partial charge in [0.2, 0.25) is 0 Å². The first-order valence-corrected chi connectivity index (χ1v) is 13.8. The number of fused-ring (bicyclic) bond motifs is 1. The van der Waals surface area contributed by atoms with Crippen molar-refractivity contribution in [2.45, 2.75) is 59.8 Å². The van der Waals surface area contributed by atoms with Gasteiger partial charge >= 0.3 is 0 Å². The van der Waals surface area contributed by atoms with Crippen molar-refractivity contribution >= 4 is 36.1 Å². The van der Waals surface area contributed by atoms with Crippen molar-refractivity contribution in [1.29, 1.82) is 0 Å². The number of aliphatic hydroxyl groups is 1. The van der Waals surface area contributed by atoms with E-state index in [9.17, 15) is 24.5 Å². The summed E-state index contributed by atoms with van der Waals surface area (Å²) < 4.78 is 7.97. The number of hydrogen-bond donors (Lipinski definition) is 3. The summed E-state index contributed by atoms with van der Waals surface area (Å²) >= 11 is 3.65. The van der Waals surface area contributed by atoms with E-state index in [1.807, 2.05) is 39.8 Å². The van der Waals surface area contributed by atoms with E-state index in [0.29, 0.717) is 29.7 Å². The van der Waals surface area contributed by atoms with Crippen molar-refractivity contribution < 1.29 is 29.2 Å². The first-order chi connectivity index (χ1) is 19.8. The minimum atomic E-state index is -0.584. The number of ketones is 1. The molecule has 222 valence electrons. The van der Waals surface area contributed by atoms with E-state index in [2.05, 4.69) is 17.5 Å². The number of hydrogen-bond acceptors (Lipinski definition) is 8. The Bertz CT molecular complexity index is 1500. The van der Waals surface area contributed by atoms with Crippen LogP contribution in [0.3, 0.4) is 0 Å². The molecule has 1 aliphatic heterocycles. The molecule has 1 aliphatic rings. The molecule has 0 aromatic heterocycles. The number of aryl methyl sites for hydroxylation is 2. The molecule has 4 rings (SSSR count). The number of Topliss-reactive ketones (excluding diaryl/α,β-unsaturated/α-hetero) is 1. The SMILES string of the molecule is CCN(Cc1ccc(C(=O)NS)cc1[N+](=O)[O-])C(=O)c1ccc(CO)cc1.Cc1cc(C)c2c(c1)C(=O)CC(C)(C)O2. The van der Waals surface area contributed by atoms with E-state index in [-0.39, 0.29) is 41.7 Å². The molecular weight excluding hydrogens is 558 g/mol. The minimum Gasteiger partial charge on any atom is -0.486 e. The molecule has 0 aliphatic carbocycles. The van der Waals surface area contributed by atoms with Gasteiger partial charge in [-0.05, 0) is 81.6 Å². The van der Waals surface area contributed by atoms with Crippen LogP contribution in [-0.2, 0) is 13.2 Å². The maximum Gasteiger partial charge on any atom is 0.275 e. The summed E-state index contributed by atoms with van der Waals surface area (Å²) in [5.74, 6) is 0.115. The third kappa shape index (κ3) is 7.74. The number of benzene rings is 3. The third-order valence-corrected chi connectivity index (χ3v) is 6.95. The lowest BCUT2D eigenvalue weighted by molar-refractivity contribution is -0.385. The number of rotatable bonds is 7. The van der Waals surface area contributed by atoms with Crippen molar-refractivity contribution in [1.82, 2.24) is 9.62 Å². The Hall–Kier alpha value is -4.22. The number of amides is 2. The Balaban J connectivity index is 0.000000271. The number of carbonyl (C=O) groups is 3. The van der Waals surface area contributed by atoms with Gasteiger partial charge in [0.25, 0.3) is 17.5 Å². The maximum absolute atomic E-state index is 12.7. The molecule has 10 nitrogen and oxygen atoms in total. The quantitative estimate of drug-likeness (QED) is 0.190. The van der Waals surface area contributed by atoms with Gasteiger partial charge < -0.3 is 14.7 Å². The summed E-state index contributed by atoms with van der Waals surface area (Å²) in [6.45, 7) is 9.91. The summed E-state index contributed by atoms with van der Waals surface area (Å²) in [5.41, 5.74) is 3.81. The molecule has 0 atom stereocenters. The summed E-state index contributed by atoms with van der Waals surface area (Å²) in [5, 5.41) is 20.5. The molecule has 11 heteroatoms. The lowest BCUT2D eigenvalue weighted by atomic mass is 9.91. The van der Waals surface area contributed by atoms with Crippen LogP contribution in [-0.4, -0.2) is 44.7 Å². The van der Waals surface area contributed by atoms with Crippen molar-refractivity contribution in [3.8, 4) is 5.75 Å². The van der Waals surface area contributed by atoms with Gasteiger partial charge in [0.05, 0.1) is 30.1 Å². The van der Waals surface area contributed by atoms with Crippen molar-refractivity contribution in [3.05, 3.63) is 104 Å². The van der Waals surface area contributed by atoms with E-state index >= 15 is 0 Å². The van der Waals surface area contributed by atoms with Crippen LogP contribution in [0.1, 0.15) is 80.5 Å². The van der Waals surface area contributed by atoms with Crippen LogP contribution in [0.25, 0.3) is 0 Å². The molecule has 0 saturated heterocycles. The molecule has 3 aromatic carbocycles. The van der Waals surface area contributed by atoms with E-state index in [0.717, 1.165) is 28.5 Å². The number of thiol groups is 1. The van der Waals surface area contributed by atoms with Gasteiger partial charge in [0, 0.05) is 29.3 Å². The average Bonchev–Trinajstić information content (AvgIpc) is 2.95. The molecule has 0 spiro atoms. The molecule has 2 N–H and O–H groups in total. The zero-order valence-electron chi connectivity index (χ0n) is 24.3. The second-order valence-electron chi connectivity index (χ2n) is 10.6. The Morgan fingerprint density at radius 2 is 1.74 bits per heavy atom. The van der Waals surface area contributed by atoms with Crippen LogP contribution in [0.4, 0.5) is 5.69 Å². The number of nitro benzene ring substituents is 1.